The normalized spacial score (nSPS) is 14.5. The monoisotopic (exact) mass is 188 g/mol. The van der Waals surface area contributed by atoms with Crippen molar-refractivity contribution in [1.29, 1.82) is 0 Å². The van der Waals surface area contributed by atoms with Crippen LogP contribution in [0.15, 0.2) is 0 Å². The van der Waals surface area contributed by atoms with Crippen LogP contribution in [0.1, 0.15) is 20.3 Å². The SMILES string of the molecule is COC(=O)[C@H](C)C[C@H](C)C(=O)OC. The summed E-state index contributed by atoms with van der Waals surface area (Å²) in [7, 11) is 2.67. The van der Waals surface area contributed by atoms with E-state index in [0.29, 0.717) is 6.42 Å². The predicted octanol–water partition coefficient (Wildman–Crippen LogP) is 0.995. The Kier molecular flexibility index (Phi) is 5.11. The van der Waals surface area contributed by atoms with Crippen molar-refractivity contribution in [1.82, 2.24) is 0 Å². The van der Waals surface area contributed by atoms with Crippen LogP contribution >= 0.6 is 0 Å². The Labute approximate surface area is 78.2 Å². The first-order valence-corrected chi connectivity index (χ1v) is 4.18. The summed E-state index contributed by atoms with van der Waals surface area (Å²) >= 11 is 0. The van der Waals surface area contributed by atoms with Crippen molar-refractivity contribution in [2.75, 3.05) is 14.2 Å². The first-order chi connectivity index (χ1) is 6.02. The minimum absolute atomic E-state index is 0.265. The molecule has 0 saturated heterocycles. The average molecular weight is 188 g/mol. The van der Waals surface area contributed by atoms with Gasteiger partial charge in [0.05, 0.1) is 26.1 Å². The molecular weight excluding hydrogens is 172 g/mol. The van der Waals surface area contributed by atoms with E-state index < -0.39 is 0 Å². The Bertz CT molecular complexity index is 168. The van der Waals surface area contributed by atoms with Gasteiger partial charge in [0.25, 0.3) is 0 Å². The van der Waals surface area contributed by atoms with Crippen molar-refractivity contribution in [3.8, 4) is 0 Å². The molecule has 2 atom stereocenters. The number of hydrogen-bond donors (Lipinski definition) is 0. The predicted molar refractivity (Wildman–Crippen MR) is 47.0 cm³/mol. The van der Waals surface area contributed by atoms with Gasteiger partial charge in [0, 0.05) is 0 Å². The van der Waals surface area contributed by atoms with Gasteiger partial charge in [-0.1, -0.05) is 13.8 Å². The zero-order chi connectivity index (χ0) is 10.4. The van der Waals surface area contributed by atoms with Gasteiger partial charge >= 0.3 is 11.9 Å². The van der Waals surface area contributed by atoms with E-state index in [1.54, 1.807) is 13.8 Å². The van der Waals surface area contributed by atoms with Crippen LogP contribution in [0.25, 0.3) is 0 Å². The van der Waals surface area contributed by atoms with E-state index >= 15 is 0 Å². The van der Waals surface area contributed by atoms with Crippen molar-refractivity contribution in [2.24, 2.45) is 11.8 Å². The highest BCUT2D eigenvalue weighted by Gasteiger charge is 2.21. The molecule has 4 heteroatoms. The van der Waals surface area contributed by atoms with Gasteiger partial charge in [0.15, 0.2) is 0 Å². The molecule has 0 unspecified atom stereocenters. The van der Waals surface area contributed by atoms with E-state index in [0.717, 1.165) is 0 Å². The molecule has 0 aromatic carbocycles. The fraction of sp³-hybridized carbons (Fsp3) is 0.778. The molecule has 0 fully saturated rings. The number of hydrogen-bond acceptors (Lipinski definition) is 4. The summed E-state index contributed by atoms with van der Waals surface area (Å²) in [5.74, 6) is -1.12. The number of carbonyl (C=O) groups is 2. The number of ether oxygens (including phenoxy) is 2. The lowest BCUT2D eigenvalue weighted by molar-refractivity contribution is -0.148. The van der Waals surface area contributed by atoms with Crippen LogP contribution in [0.2, 0.25) is 0 Å². The standard InChI is InChI=1S/C9H16O4/c1-6(8(10)12-3)5-7(2)9(11)13-4/h6-7H,5H2,1-4H3/t6-,7+. The maximum absolute atomic E-state index is 11.0. The zero-order valence-electron chi connectivity index (χ0n) is 8.49. The van der Waals surface area contributed by atoms with Crippen LogP contribution in [0.5, 0.6) is 0 Å². The van der Waals surface area contributed by atoms with Crippen molar-refractivity contribution in [3.63, 3.8) is 0 Å². The van der Waals surface area contributed by atoms with Gasteiger partial charge in [-0.05, 0) is 6.42 Å². The molecule has 0 aliphatic carbocycles. The molecule has 0 aromatic heterocycles. The lowest BCUT2D eigenvalue weighted by Gasteiger charge is -2.13. The average Bonchev–Trinajstić information content (AvgIpc) is 2.14. The summed E-state index contributed by atoms with van der Waals surface area (Å²) in [5.41, 5.74) is 0. The maximum atomic E-state index is 11.0. The van der Waals surface area contributed by atoms with Crippen LogP contribution < -0.4 is 0 Å². The van der Waals surface area contributed by atoms with Gasteiger partial charge in [-0.15, -0.1) is 0 Å². The fourth-order valence-corrected chi connectivity index (χ4v) is 1.13. The topological polar surface area (TPSA) is 52.6 Å². The first kappa shape index (κ1) is 11.9. The molecule has 76 valence electrons. The summed E-state index contributed by atoms with van der Waals surface area (Å²) in [6.45, 7) is 3.45. The van der Waals surface area contributed by atoms with Crippen LogP contribution in [0.4, 0.5) is 0 Å². The van der Waals surface area contributed by atoms with Gasteiger partial charge in [-0.25, -0.2) is 0 Å². The summed E-state index contributed by atoms with van der Waals surface area (Å²) in [5, 5.41) is 0. The van der Waals surface area contributed by atoms with Crippen LogP contribution in [-0.2, 0) is 19.1 Å². The van der Waals surface area contributed by atoms with E-state index in [1.165, 1.54) is 14.2 Å². The van der Waals surface area contributed by atoms with E-state index in [1.807, 2.05) is 0 Å². The van der Waals surface area contributed by atoms with E-state index in [4.69, 9.17) is 0 Å². The fourth-order valence-electron chi connectivity index (χ4n) is 1.13. The van der Waals surface area contributed by atoms with Crippen molar-refractivity contribution < 1.29 is 19.1 Å². The Morgan fingerprint density at radius 1 is 1.00 bits per heavy atom. The highest BCUT2D eigenvalue weighted by atomic mass is 16.5. The van der Waals surface area contributed by atoms with E-state index in [-0.39, 0.29) is 23.8 Å². The molecule has 13 heavy (non-hydrogen) atoms. The molecule has 0 heterocycles. The Morgan fingerprint density at radius 2 is 1.31 bits per heavy atom. The Morgan fingerprint density at radius 3 is 1.54 bits per heavy atom. The Balaban J connectivity index is 3.98. The van der Waals surface area contributed by atoms with Gasteiger partial charge in [-0.2, -0.15) is 0 Å². The lowest BCUT2D eigenvalue weighted by atomic mass is 9.98. The number of carbonyl (C=O) groups excluding carboxylic acids is 2. The quantitative estimate of drug-likeness (QED) is 0.617. The first-order valence-electron chi connectivity index (χ1n) is 4.18. The molecule has 0 aromatic rings. The Hall–Kier alpha value is -1.06. The van der Waals surface area contributed by atoms with Gasteiger partial charge < -0.3 is 9.47 Å². The summed E-state index contributed by atoms with van der Waals surface area (Å²) in [6.07, 6.45) is 0.458. The van der Waals surface area contributed by atoms with E-state index in [2.05, 4.69) is 9.47 Å². The molecular formula is C9H16O4. The molecule has 0 spiro atoms. The molecule has 0 aliphatic heterocycles. The molecule has 0 rings (SSSR count). The molecule has 0 N–H and O–H groups in total. The van der Waals surface area contributed by atoms with Crippen molar-refractivity contribution in [2.45, 2.75) is 20.3 Å². The zero-order valence-corrected chi connectivity index (χ0v) is 8.49. The molecule has 0 amide bonds. The minimum Gasteiger partial charge on any atom is -0.469 e. The lowest BCUT2D eigenvalue weighted by Crippen LogP contribution is -2.21. The van der Waals surface area contributed by atoms with Gasteiger partial charge in [0.2, 0.25) is 0 Å². The van der Waals surface area contributed by atoms with E-state index in [9.17, 15) is 9.59 Å². The number of methoxy groups -OCH3 is 2. The third-order valence-corrected chi connectivity index (χ3v) is 1.91. The third-order valence-electron chi connectivity index (χ3n) is 1.91. The van der Waals surface area contributed by atoms with Gasteiger partial charge in [-0.3, -0.25) is 9.59 Å². The summed E-state index contributed by atoms with van der Waals surface area (Å²) < 4.78 is 9.07. The number of rotatable bonds is 4. The van der Waals surface area contributed by atoms with Crippen LogP contribution in [0, 0.1) is 11.8 Å². The van der Waals surface area contributed by atoms with Gasteiger partial charge in [0.1, 0.15) is 0 Å². The summed E-state index contributed by atoms with van der Waals surface area (Å²) in [6, 6.07) is 0. The molecule has 4 nitrogen and oxygen atoms in total. The van der Waals surface area contributed by atoms with Crippen LogP contribution in [-0.4, -0.2) is 26.2 Å². The molecule has 0 bridgehead atoms. The minimum atomic E-state index is -0.296. The van der Waals surface area contributed by atoms with Crippen molar-refractivity contribution in [3.05, 3.63) is 0 Å². The maximum Gasteiger partial charge on any atom is 0.308 e. The summed E-state index contributed by atoms with van der Waals surface area (Å²) in [4.78, 5) is 22.0. The number of esters is 2. The second kappa shape index (κ2) is 5.56. The van der Waals surface area contributed by atoms with Crippen molar-refractivity contribution >= 4 is 11.9 Å². The molecule has 0 aliphatic rings. The molecule has 0 saturated carbocycles. The second-order valence-electron chi connectivity index (χ2n) is 3.08. The third kappa shape index (κ3) is 3.92. The second-order valence-corrected chi connectivity index (χ2v) is 3.08. The highest BCUT2D eigenvalue weighted by Crippen LogP contribution is 2.13. The molecule has 0 radical (unpaired) electrons. The largest absolute Gasteiger partial charge is 0.469 e. The van der Waals surface area contributed by atoms with Crippen LogP contribution in [0.3, 0.4) is 0 Å². The highest BCUT2D eigenvalue weighted by molar-refractivity contribution is 5.75. The smallest absolute Gasteiger partial charge is 0.308 e.